The summed E-state index contributed by atoms with van der Waals surface area (Å²) >= 11 is 5.63. The first-order chi connectivity index (χ1) is 17.0. The van der Waals surface area contributed by atoms with E-state index in [1.807, 2.05) is 0 Å². The maximum atomic E-state index is 14.8. The number of nitrogens with one attached hydrogen (secondary N) is 1. The Morgan fingerprint density at radius 2 is 1.75 bits per heavy atom. The lowest BCUT2D eigenvalue weighted by molar-refractivity contribution is 0.401. The standard InChI is InChI=1S/C22H14ClF4N5O3S/c23-12-4-3-11(14(24)8-12)10-36(33,34)32-20-15(25)9-17(18(26)19(20)27)35-21-13(2-1-6-29-21)16-5-7-30-22(28)31-16/h1-9,32H,10H2,(H2,28,30,31). The summed E-state index contributed by atoms with van der Waals surface area (Å²) in [6, 6.07) is 8.11. The first-order valence-corrected chi connectivity index (χ1v) is 11.9. The van der Waals surface area contributed by atoms with Gasteiger partial charge in [0.25, 0.3) is 0 Å². The molecule has 0 fully saturated rings. The zero-order chi connectivity index (χ0) is 26.0. The minimum Gasteiger partial charge on any atom is -0.435 e. The number of halogens is 5. The number of aromatic nitrogens is 3. The second kappa shape index (κ2) is 9.95. The highest BCUT2D eigenvalue weighted by Gasteiger charge is 2.26. The minimum atomic E-state index is -4.56. The summed E-state index contributed by atoms with van der Waals surface area (Å²) in [5.74, 6) is -8.26. The molecule has 0 aliphatic heterocycles. The second-order valence-corrected chi connectivity index (χ2v) is 9.37. The van der Waals surface area contributed by atoms with Gasteiger partial charge in [0.1, 0.15) is 11.5 Å². The Labute approximate surface area is 206 Å². The highest BCUT2D eigenvalue weighted by Crippen LogP contribution is 2.35. The van der Waals surface area contributed by atoms with Crippen molar-refractivity contribution in [1.29, 1.82) is 0 Å². The number of anilines is 2. The van der Waals surface area contributed by atoms with Crippen LogP contribution in [0.2, 0.25) is 5.02 Å². The normalized spacial score (nSPS) is 11.4. The van der Waals surface area contributed by atoms with Gasteiger partial charge >= 0.3 is 0 Å². The fourth-order valence-electron chi connectivity index (χ4n) is 3.07. The zero-order valence-corrected chi connectivity index (χ0v) is 19.4. The van der Waals surface area contributed by atoms with Gasteiger partial charge in [0.05, 0.1) is 17.0 Å². The highest BCUT2D eigenvalue weighted by atomic mass is 35.5. The number of nitrogens with two attached hydrogens (primary N) is 1. The molecule has 4 rings (SSSR count). The van der Waals surface area contributed by atoms with Gasteiger partial charge in [-0.05, 0) is 30.3 Å². The van der Waals surface area contributed by atoms with Gasteiger partial charge in [-0.25, -0.2) is 36.5 Å². The lowest BCUT2D eigenvalue weighted by Crippen LogP contribution is -2.18. The van der Waals surface area contributed by atoms with E-state index >= 15 is 0 Å². The number of ether oxygens (including phenoxy) is 1. The first-order valence-electron chi connectivity index (χ1n) is 9.88. The fraction of sp³-hybridized carbons (Fsp3) is 0.0455. The van der Waals surface area contributed by atoms with Gasteiger partial charge in [-0.15, -0.1) is 0 Å². The molecule has 36 heavy (non-hydrogen) atoms. The largest absolute Gasteiger partial charge is 0.435 e. The van der Waals surface area contributed by atoms with Gasteiger partial charge in [0.15, 0.2) is 17.4 Å². The number of rotatable bonds is 7. The molecule has 4 aromatic rings. The number of sulfonamides is 1. The average Bonchev–Trinajstić information content (AvgIpc) is 2.82. The van der Waals surface area contributed by atoms with E-state index in [4.69, 9.17) is 22.1 Å². The average molecular weight is 540 g/mol. The van der Waals surface area contributed by atoms with Crippen molar-refractivity contribution in [3.8, 4) is 22.9 Å². The predicted octanol–water partition coefficient (Wildman–Crippen LogP) is 5.06. The van der Waals surface area contributed by atoms with Crippen molar-refractivity contribution in [2.75, 3.05) is 10.5 Å². The SMILES string of the molecule is Nc1nccc(-c2cccnc2Oc2cc(F)c(NS(=O)(=O)Cc3ccc(Cl)cc3F)c(F)c2F)n1. The molecule has 2 aromatic carbocycles. The molecule has 0 spiro atoms. The van der Waals surface area contributed by atoms with E-state index in [1.165, 1.54) is 36.7 Å². The van der Waals surface area contributed by atoms with Gasteiger partial charge in [-0.2, -0.15) is 4.39 Å². The molecule has 0 aliphatic carbocycles. The molecule has 0 radical (unpaired) electrons. The number of pyridine rings is 1. The minimum absolute atomic E-state index is 0.0237. The molecule has 2 aromatic heterocycles. The van der Waals surface area contributed by atoms with Crippen LogP contribution < -0.4 is 15.2 Å². The third-order valence-electron chi connectivity index (χ3n) is 4.67. The molecule has 0 atom stereocenters. The quantitative estimate of drug-likeness (QED) is 0.249. The molecule has 3 N–H and O–H groups in total. The van der Waals surface area contributed by atoms with Gasteiger partial charge in [-0.1, -0.05) is 17.7 Å². The summed E-state index contributed by atoms with van der Waals surface area (Å²) in [5.41, 5.74) is 4.39. The van der Waals surface area contributed by atoms with E-state index in [9.17, 15) is 26.0 Å². The number of benzene rings is 2. The predicted molar refractivity (Wildman–Crippen MR) is 124 cm³/mol. The molecule has 0 saturated carbocycles. The van der Waals surface area contributed by atoms with E-state index in [1.54, 1.807) is 4.72 Å². The Balaban J connectivity index is 1.64. The Bertz CT molecular complexity index is 1570. The maximum absolute atomic E-state index is 14.8. The molecule has 2 heterocycles. The Morgan fingerprint density at radius 1 is 0.972 bits per heavy atom. The van der Waals surface area contributed by atoms with Crippen LogP contribution in [-0.4, -0.2) is 23.4 Å². The molecule has 0 unspecified atom stereocenters. The van der Waals surface area contributed by atoms with Crippen LogP contribution in [0.1, 0.15) is 5.56 Å². The van der Waals surface area contributed by atoms with Crippen molar-refractivity contribution >= 4 is 33.3 Å². The number of nitrogens with zero attached hydrogens (tertiary/aromatic N) is 3. The smallest absolute Gasteiger partial charge is 0.237 e. The fourth-order valence-corrected chi connectivity index (χ4v) is 4.44. The number of nitrogen functional groups attached to an aromatic ring is 1. The van der Waals surface area contributed by atoms with E-state index in [2.05, 4.69) is 15.0 Å². The summed E-state index contributed by atoms with van der Waals surface area (Å²) in [5, 5.41) is 0.0237. The lowest BCUT2D eigenvalue weighted by Gasteiger charge is -2.14. The van der Waals surface area contributed by atoms with Crippen LogP contribution in [-0.2, 0) is 15.8 Å². The molecule has 186 valence electrons. The van der Waals surface area contributed by atoms with Gasteiger partial charge in [-0.3, -0.25) is 4.72 Å². The van der Waals surface area contributed by atoms with E-state index < -0.39 is 50.5 Å². The molecular weight excluding hydrogens is 526 g/mol. The van der Waals surface area contributed by atoms with Crippen molar-refractivity contribution in [3.63, 3.8) is 0 Å². The number of hydrogen-bond donors (Lipinski definition) is 2. The van der Waals surface area contributed by atoms with Crippen LogP contribution in [0.15, 0.2) is 54.9 Å². The van der Waals surface area contributed by atoms with Crippen molar-refractivity contribution in [3.05, 3.63) is 88.7 Å². The van der Waals surface area contributed by atoms with Crippen molar-refractivity contribution in [2.24, 2.45) is 0 Å². The molecule has 0 saturated heterocycles. The van der Waals surface area contributed by atoms with Crippen molar-refractivity contribution in [1.82, 2.24) is 15.0 Å². The van der Waals surface area contributed by atoms with Crippen LogP contribution in [0.4, 0.5) is 29.2 Å². The Morgan fingerprint density at radius 3 is 2.47 bits per heavy atom. The zero-order valence-electron chi connectivity index (χ0n) is 17.8. The Kier molecular flexibility index (Phi) is 6.95. The molecule has 14 heteroatoms. The third-order valence-corrected chi connectivity index (χ3v) is 6.11. The summed E-state index contributed by atoms with van der Waals surface area (Å²) in [4.78, 5) is 11.7. The summed E-state index contributed by atoms with van der Waals surface area (Å²) in [7, 11) is -4.56. The van der Waals surface area contributed by atoms with Crippen LogP contribution >= 0.6 is 11.6 Å². The monoisotopic (exact) mass is 539 g/mol. The van der Waals surface area contributed by atoms with Crippen LogP contribution in [0.5, 0.6) is 11.6 Å². The second-order valence-electron chi connectivity index (χ2n) is 7.21. The Hall–Kier alpha value is -3.97. The van der Waals surface area contributed by atoms with Gasteiger partial charge in [0.2, 0.25) is 27.7 Å². The molecule has 8 nitrogen and oxygen atoms in total. The molecule has 0 aliphatic rings. The number of hydrogen-bond acceptors (Lipinski definition) is 7. The van der Waals surface area contributed by atoms with E-state index in [0.717, 1.165) is 12.1 Å². The maximum Gasteiger partial charge on any atom is 0.237 e. The summed E-state index contributed by atoms with van der Waals surface area (Å²) in [6.07, 6.45) is 2.64. The van der Waals surface area contributed by atoms with Crippen LogP contribution in [0, 0.1) is 23.3 Å². The highest BCUT2D eigenvalue weighted by molar-refractivity contribution is 7.91. The van der Waals surface area contributed by atoms with Gasteiger partial charge in [0, 0.05) is 29.0 Å². The van der Waals surface area contributed by atoms with Crippen LogP contribution in [0.3, 0.4) is 0 Å². The lowest BCUT2D eigenvalue weighted by atomic mass is 10.2. The molecular formula is C22H14ClF4N5O3S. The first kappa shape index (κ1) is 25.1. The van der Waals surface area contributed by atoms with Gasteiger partial charge < -0.3 is 10.5 Å². The van der Waals surface area contributed by atoms with E-state index in [0.29, 0.717) is 6.07 Å². The van der Waals surface area contributed by atoms with Crippen molar-refractivity contribution < 1.29 is 30.7 Å². The summed E-state index contributed by atoms with van der Waals surface area (Å²) in [6.45, 7) is 0. The third kappa shape index (κ3) is 5.47. The van der Waals surface area contributed by atoms with Crippen molar-refractivity contribution in [2.45, 2.75) is 5.75 Å². The molecule has 0 amide bonds. The van der Waals surface area contributed by atoms with E-state index in [-0.39, 0.29) is 33.7 Å². The topological polar surface area (TPSA) is 120 Å². The van der Waals surface area contributed by atoms with Crippen LogP contribution in [0.25, 0.3) is 11.3 Å². The molecule has 0 bridgehead atoms. The summed E-state index contributed by atoms with van der Waals surface area (Å²) < 4.78 is 89.9.